The van der Waals surface area contributed by atoms with Crippen LogP contribution in [0.2, 0.25) is 0 Å². The molecule has 0 aromatic rings. The second kappa shape index (κ2) is 7.74. The Morgan fingerprint density at radius 2 is 2.23 bits per heavy atom. The summed E-state index contributed by atoms with van der Waals surface area (Å²) in [5, 5.41) is 8.94. The number of aldehydes is 1. The lowest BCUT2D eigenvalue weighted by Crippen LogP contribution is -1.95. The highest BCUT2D eigenvalue weighted by Gasteiger charge is 1.91. The predicted octanol–water partition coefficient (Wildman–Crippen LogP) is 2.24. The molecule has 0 saturated heterocycles. The van der Waals surface area contributed by atoms with Crippen LogP contribution < -0.4 is 0 Å². The second-order valence-electron chi connectivity index (χ2n) is 3.12. The molecular weight excluding hydrogens is 164 g/mol. The lowest BCUT2D eigenvalue weighted by Gasteiger charge is -1.95. The minimum atomic E-state index is -0.310. The fourth-order valence-electron chi connectivity index (χ4n) is 0.937. The molecule has 13 heavy (non-hydrogen) atoms. The van der Waals surface area contributed by atoms with Crippen molar-refractivity contribution < 1.29 is 9.90 Å². The lowest BCUT2D eigenvalue weighted by atomic mass is 10.1. The molecule has 0 aromatic heterocycles. The van der Waals surface area contributed by atoms with E-state index in [1.165, 1.54) is 0 Å². The summed E-state index contributed by atoms with van der Waals surface area (Å²) >= 11 is 0. The molecule has 1 N–H and O–H groups in total. The standard InChI is InChI=1S/C11H18O2/c1-3-6-11(9-12)8-5-4-7-10(2)13/h4-5,8-10,13H,3,6-7H2,1-2H3/b5-4?,11-8+/t10-/m1/s1. The Bertz CT molecular complexity index is 190. The molecule has 0 fully saturated rings. The van der Waals surface area contributed by atoms with Crippen LogP contribution in [-0.4, -0.2) is 17.5 Å². The molecule has 0 aliphatic rings. The Labute approximate surface area is 80.0 Å². The Morgan fingerprint density at radius 3 is 2.69 bits per heavy atom. The van der Waals surface area contributed by atoms with Gasteiger partial charge in [0, 0.05) is 0 Å². The first kappa shape index (κ1) is 12.1. The quantitative estimate of drug-likeness (QED) is 0.388. The molecule has 0 aromatic carbocycles. The SMILES string of the molecule is CCC/C(C=O)=C\C=CC[C@@H](C)O. The topological polar surface area (TPSA) is 37.3 Å². The van der Waals surface area contributed by atoms with Crippen LogP contribution in [0.25, 0.3) is 0 Å². The van der Waals surface area contributed by atoms with Crippen molar-refractivity contribution in [3.8, 4) is 0 Å². The van der Waals surface area contributed by atoms with Crippen molar-refractivity contribution in [2.75, 3.05) is 0 Å². The second-order valence-corrected chi connectivity index (χ2v) is 3.12. The zero-order valence-corrected chi connectivity index (χ0v) is 8.36. The summed E-state index contributed by atoms with van der Waals surface area (Å²) in [4.78, 5) is 10.5. The van der Waals surface area contributed by atoms with Gasteiger partial charge in [-0.2, -0.15) is 0 Å². The van der Waals surface area contributed by atoms with Gasteiger partial charge in [-0.25, -0.2) is 0 Å². The van der Waals surface area contributed by atoms with E-state index < -0.39 is 0 Å². The third-order valence-electron chi connectivity index (χ3n) is 1.61. The molecular formula is C11H18O2. The largest absolute Gasteiger partial charge is 0.393 e. The van der Waals surface area contributed by atoms with E-state index in [1.54, 1.807) is 13.0 Å². The van der Waals surface area contributed by atoms with Crippen molar-refractivity contribution in [2.45, 2.75) is 39.2 Å². The van der Waals surface area contributed by atoms with E-state index in [4.69, 9.17) is 5.11 Å². The zero-order chi connectivity index (χ0) is 10.1. The molecule has 0 rings (SSSR count). The molecule has 0 amide bonds. The van der Waals surface area contributed by atoms with Crippen LogP contribution in [0, 0.1) is 0 Å². The van der Waals surface area contributed by atoms with Gasteiger partial charge in [-0.1, -0.05) is 31.6 Å². The van der Waals surface area contributed by atoms with Crippen molar-refractivity contribution in [3.63, 3.8) is 0 Å². The summed E-state index contributed by atoms with van der Waals surface area (Å²) in [6.45, 7) is 3.78. The average molecular weight is 182 g/mol. The average Bonchev–Trinajstić information content (AvgIpc) is 2.10. The lowest BCUT2D eigenvalue weighted by molar-refractivity contribution is -0.105. The highest BCUT2D eigenvalue weighted by molar-refractivity contribution is 5.73. The number of hydrogen-bond acceptors (Lipinski definition) is 2. The van der Waals surface area contributed by atoms with Gasteiger partial charge in [-0.05, 0) is 25.3 Å². The number of hydrogen-bond donors (Lipinski definition) is 1. The number of rotatable bonds is 6. The van der Waals surface area contributed by atoms with Crippen LogP contribution in [0.15, 0.2) is 23.8 Å². The number of carbonyl (C=O) groups excluding carboxylic acids is 1. The van der Waals surface area contributed by atoms with Crippen LogP contribution in [0.4, 0.5) is 0 Å². The van der Waals surface area contributed by atoms with E-state index >= 15 is 0 Å². The molecule has 0 spiro atoms. The van der Waals surface area contributed by atoms with Crippen molar-refractivity contribution >= 4 is 6.29 Å². The van der Waals surface area contributed by atoms with Crippen LogP contribution in [0.1, 0.15) is 33.1 Å². The first-order valence-electron chi connectivity index (χ1n) is 4.69. The molecule has 0 unspecified atom stereocenters. The van der Waals surface area contributed by atoms with Gasteiger partial charge in [0.05, 0.1) is 6.10 Å². The monoisotopic (exact) mass is 182 g/mol. The number of aliphatic hydroxyl groups is 1. The fraction of sp³-hybridized carbons (Fsp3) is 0.545. The summed E-state index contributed by atoms with van der Waals surface area (Å²) in [6.07, 6.45) is 8.51. The van der Waals surface area contributed by atoms with Gasteiger partial charge in [-0.3, -0.25) is 4.79 Å². The van der Waals surface area contributed by atoms with Gasteiger partial charge in [0.15, 0.2) is 0 Å². The minimum absolute atomic E-state index is 0.310. The minimum Gasteiger partial charge on any atom is -0.393 e. The molecule has 0 saturated carbocycles. The van der Waals surface area contributed by atoms with E-state index in [-0.39, 0.29) is 6.10 Å². The molecule has 0 radical (unpaired) electrons. The van der Waals surface area contributed by atoms with Crippen LogP contribution >= 0.6 is 0 Å². The van der Waals surface area contributed by atoms with E-state index in [9.17, 15) is 4.79 Å². The van der Waals surface area contributed by atoms with E-state index in [2.05, 4.69) is 0 Å². The molecule has 1 atom stereocenters. The van der Waals surface area contributed by atoms with Crippen LogP contribution in [-0.2, 0) is 4.79 Å². The summed E-state index contributed by atoms with van der Waals surface area (Å²) < 4.78 is 0. The van der Waals surface area contributed by atoms with E-state index in [0.29, 0.717) is 6.42 Å². The molecule has 0 heterocycles. The van der Waals surface area contributed by atoms with Crippen molar-refractivity contribution in [1.29, 1.82) is 0 Å². The summed E-state index contributed by atoms with van der Waals surface area (Å²) in [5.41, 5.74) is 0.810. The smallest absolute Gasteiger partial charge is 0.146 e. The maximum Gasteiger partial charge on any atom is 0.146 e. The first-order valence-corrected chi connectivity index (χ1v) is 4.69. The van der Waals surface area contributed by atoms with Gasteiger partial charge >= 0.3 is 0 Å². The highest BCUT2D eigenvalue weighted by atomic mass is 16.3. The first-order chi connectivity index (χ1) is 6.20. The Morgan fingerprint density at radius 1 is 1.54 bits per heavy atom. The maximum atomic E-state index is 10.5. The Kier molecular flexibility index (Phi) is 7.21. The van der Waals surface area contributed by atoms with Crippen LogP contribution in [0.3, 0.4) is 0 Å². The molecule has 2 heteroatoms. The zero-order valence-electron chi connectivity index (χ0n) is 8.36. The third kappa shape index (κ3) is 7.47. The number of allylic oxidation sites excluding steroid dienone is 3. The summed E-state index contributed by atoms with van der Waals surface area (Å²) in [6, 6.07) is 0. The van der Waals surface area contributed by atoms with Crippen molar-refractivity contribution in [3.05, 3.63) is 23.8 Å². The Balaban J connectivity index is 3.90. The van der Waals surface area contributed by atoms with Gasteiger partial charge in [0.2, 0.25) is 0 Å². The van der Waals surface area contributed by atoms with E-state index in [1.807, 2.05) is 19.1 Å². The van der Waals surface area contributed by atoms with Crippen LogP contribution in [0.5, 0.6) is 0 Å². The summed E-state index contributed by atoms with van der Waals surface area (Å²) in [5.74, 6) is 0. The maximum absolute atomic E-state index is 10.5. The number of carbonyl (C=O) groups is 1. The van der Waals surface area contributed by atoms with Crippen molar-refractivity contribution in [2.24, 2.45) is 0 Å². The van der Waals surface area contributed by atoms with Gasteiger partial charge in [0.1, 0.15) is 6.29 Å². The van der Waals surface area contributed by atoms with Crippen molar-refractivity contribution in [1.82, 2.24) is 0 Å². The fourth-order valence-corrected chi connectivity index (χ4v) is 0.937. The Hall–Kier alpha value is -0.890. The van der Waals surface area contributed by atoms with Gasteiger partial charge in [0.25, 0.3) is 0 Å². The third-order valence-corrected chi connectivity index (χ3v) is 1.61. The van der Waals surface area contributed by atoms with E-state index in [0.717, 1.165) is 24.7 Å². The molecule has 0 aliphatic carbocycles. The molecule has 74 valence electrons. The number of aliphatic hydroxyl groups excluding tert-OH is 1. The van der Waals surface area contributed by atoms with Gasteiger partial charge in [-0.15, -0.1) is 0 Å². The summed E-state index contributed by atoms with van der Waals surface area (Å²) in [7, 11) is 0. The predicted molar refractivity (Wildman–Crippen MR) is 54.5 cm³/mol. The highest BCUT2D eigenvalue weighted by Crippen LogP contribution is 2.01. The molecule has 0 bridgehead atoms. The van der Waals surface area contributed by atoms with Gasteiger partial charge < -0.3 is 5.11 Å². The normalized spacial score (nSPS) is 14.8. The molecule has 2 nitrogen and oxygen atoms in total. The molecule has 0 aliphatic heterocycles.